The Balaban J connectivity index is 0.856. The van der Waals surface area contributed by atoms with Gasteiger partial charge in [0.15, 0.2) is 0 Å². The van der Waals surface area contributed by atoms with E-state index in [2.05, 4.69) is 37.9 Å². The molecule has 61 heavy (non-hydrogen) atoms. The summed E-state index contributed by atoms with van der Waals surface area (Å²) in [6.45, 7) is 12.7. The van der Waals surface area contributed by atoms with Gasteiger partial charge in [-0.1, -0.05) is 11.6 Å². The number of nitriles is 1. The fourth-order valence-corrected chi connectivity index (χ4v) is 10.1. The average molecular weight is 855 g/mol. The Morgan fingerprint density at radius 3 is 2.36 bits per heavy atom. The number of piperidine rings is 2. The Bertz CT molecular complexity index is 2110. The van der Waals surface area contributed by atoms with Crippen molar-refractivity contribution in [2.75, 3.05) is 80.7 Å². The standard InChI is InChI=1S/C45H56ClFN10O4/c1-31-21-41(39(47)23-37(31)43(61)57(30-59)40(5-4-20-58)42(60)49-3)54-12-8-35(9-13-54)53-18-16-52(17-19-53)28-33-26-50-44(51-27-33)55-14-10-45(11-15-55)24-32(2)56(29-45)36-7-6-34(25-48)38(46)22-36/h6-7,20-23,26-27,30,32,35,40H,4-5,8-19,24,28-29H2,1-3H3,(H,49,60). The first kappa shape index (κ1) is 43.9. The summed E-state index contributed by atoms with van der Waals surface area (Å²) >= 11 is 6.38. The van der Waals surface area contributed by atoms with Crippen LogP contribution in [0.3, 0.4) is 0 Å². The van der Waals surface area contributed by atoms with Gasteiger partial charge in [-0.3, -0.25) is 29.1 Å². The largest absolute Gasteiger partial charge is 0.369 e. The van der Waals surface area contributed by atoms with Gasteiger partial charge in [-0.25, -0.2) is 14.4 Å². The van der Waals surface area contributed by atoms with Crippen LogP contribution in [0.25, 0.3) is 0 Å². The number of benzene rings is 2. The van der Waals surface area contributed by atoms with E-state index in [1.165, 1.54) is 7.05 Å². The number of halogens is 2. The molecule has 5 heterocycles. The molecule has 0 radical (unpaired) electrons. The number of hydrogen-bond acceptors (Lipinski definition) is 12. The molecule has 324 valence electrons. The molecule has 2 unspecified atom stereocenters. The summed E-state index contributed by atoms with van der Waals surface area (Å²) in [5.74, 6) is -1.13. The number of imide groups is 1. The Hall–Kier alpha value is -5.17. The molecule has 14 nitrogen and oxygen atoms in total. The Kier molecular flexibility index (Phi) is 13.9. The van der Waals surface area contributed by atoms with Gasteiger partial charge < -0.3 is 24.8 Å². The maximum absolute atomic E-state index is 15.7. The highest BCUT2D eigenvalue weighted by molar-refractivity contribution is 6.32. The molecule has 16 heteroatoms. The highest BCUT2D eigenvalue weighted by Crippen LogP contribution is 2.45. The number of aldehydes is 1. The Morgan fingerprint density at radius 2 is 1.74 bits per heavy atom. The molecule has 7 rings (SSSR count). The van der Waals surface area contributed by atoms with Crippen molar-refractivity contribution in [2.45, 2.75) is 83.5 Å². The van der Waals surface area contributed by atoms with Crippen LogP contribution in [0.2, 0.25) is 5.02 Å². The quantitative estimate of drug-likeness (QED) is 0.235. The number of carbonyl (C=O) groups is 4. The van der Waals surface area contributed by atoms with E-state index < -0.39 is 23.7 Å². The molecule has 3 aromatic rings. The van der Waals surface area contributed by atoms with Gasteiger partial charge in [-0.2, -0.15) is 5.26 Å². The smallest absolute Gasteiger partial charge is 0.261 e. The van der Waals surface area contributed by atoms with E-state index in [1.54, 1.807) is 13.0 Å². The molecular weight excluding hydrogens is 799 g/mol. The van der Waals surface area contributed by atoms with Gasteiger partial charge in [0.05, 0.1) is 16.3 Å². The fourth-order valence-electron chi connectivity index (χ4n) is 9.92. The molecule has 3 amide bonds. The molecule has 0 aliphatic carbocycles. The number of rotatable bonds is 13. The third kappa shape index (κ3) is 9.67. The minimum Gasteiger partial charge on any atom is -0.369 e. The number of amides is 3. The number of piperazine rings is 1. The Labute approximate surface area is 362 Å². The summed E-state index contributed by atoms with van der Waals surface area (Å²) in [6.07, 6.45) is 9.86. The van der Waals surface area contributed by atoms with Crippen LogP contribution in [0, 0.1) is 29.5 Å². The van der Waals surface area contributed by atoms with Crippen LogP contribution in [0.4, 0.5) is 21.7 Å². The number of hydrogen-bond donors (Lipinski definition) is 1. The predicted octanol–water partition coefficient (Wildman–Crippen LogP) is 4.81. The van der Waals surface area contributed by atoms with Crippen molar-refractivity contribution in [3.05, 3.63) is 75.8 Å². The molecule has 1 spiro atoms. The predicted molar refractivity (Wildman–Crippen MR) is 232 cm³/mol. The van der Waals surface area contributed by atoms with Crippen molar-refractivity contribution in [3.63, 3.8) is 0 Å². The summed E-state index contributed by atoms with van der Waals surface area (Å²) in [7, 11) is 1.39. The summed E-state index contributed by atoms with van der Waals surface area (Å²) in [5.41, 5.74) is 3.85. The molecule has 1 aromatic heterocycles. The van der Waals surface area contributed by atoms with E-state index in [9.17, 15) is 24.4 Å². The minimum atomic E-state index is -1.18. The van der Waals surface area contributed by atoms with Crippen molar-refractivity contribution in [3.8, 4) is 6.07 Å². The fraction of sp³-hybridized carbons (Fsp3) is 0.533. The van der Waals surface area contributed by atoms with Crippen LogP contribution < -0.4 is 20.0 Å². The first-order valence-corrected chi connectivity index (χ1v) is 21.8. The molecule has 4 saturated heterocycles. The monoisotopic (exact) mass is 854 g/mol. The number of anilines is 3. The van der Waals surface area contributed by atoms with Gasteiger partial charge in [0, 0.05) is 120 Å². The van der Waals surface area contributed by atoms with Gasteiger partial charge >= 0.3 is 0 Å². The normalized spacial score (nSPS) is 20.3. The van der Waals surface area contributed by atoms with Crippen LogP contribution in [-0.2, 0) is 20.9 Å². The molecule has 2 atom stereocenters. The van der Waals surface area contributed by atoms with E-state index in [4.69, 9.17) is 21.6 Å². The number of nitrogens with zero attached hydrogens (tertiary/aromatic N) is 9. The summed E-state index contributed by atoms with van der Waals surface area (Å²) < 4.78 is 15.7. The lowest BCUT2D eigenvalue weighted by molar-refractivity contribution is -0.131. The number of nitrogens with one attached hydrogen (secondary N) is 1. The number of carbonyl (C=O) groups excluding carboxylic acids is 4. The van der Waals surface area contributed by atoms with Crippen molar-refractivity contribution in [1.82, 2.24) is 30.0 Å². The van der Waals surface area contributed by atoms with Crippen molar-refractivity contribution in [1.29, 1.82) is 5.26 Å². The first-order valence-electron chi connectivity index (χ1n) is 21.4. The van der Waals surface area contributed by atoms with E-state index >= 15 is 4.39 Å². The van der Waals surface area contributed by atoms with E-state index in [0.717, 1.165) is 113 Å². The zero-order valence-corrected chi connectivity index (χ0v) is 36.1. The van der Waals surface area contributed by atoms with Crippen LogP contribution in [-0.4, -0.2) is 133 Å². The lowest BCUT2D eigenvalue weighted by atomic mass is 9.77. The maximum Gasteiger partial charge on any atom is 0.261 e. The van der Waals surface area contributed by atoms with Crippen LogP contribution in [0.1, 0.15) is 78.9 Å². The zero-order chi connectivity index (χ0) is 43.3. The summed E-state index contributed by atoms with van der Waals surface area (Å²) in [6, 6.07) is 10.3. The van der Waals surface area contributed by atoms with Crippen molar-refractivity contribution >= 4 is 53.4 Å². The van der Waals surface area contributed by atoms with Gasteiger partial charge in [0.1, 0.15) is 24.2 Å². The lowest BCUT2D eigenvalue weighted by Crippen LogP contribution is -2.53. The van der Waals surface area contributed by atoms with E-state index in [-0.39, 0.29) is 30.2 Å². The van der Waals surface area contributed by atoms with Gasteiger partial charge in [-0.15, -0.1) is 0 Å². The van der Waals surface area contributed by atoms with Crippen molar-refractivity contribution in [2.24, 2.45) is 5.41 Å². The summed E-state index contributed by atoms with van der Waals surface area (Å²) in [5, 5.41) is 12.2. The molecule has 0 saturated carbocycles. The van der Waals surface area contributed by atoms with E-state index in [0.29, 0.717) is 53.3 Å². The van der Waals surface area contributed by atoms with Crippen LogP contribution in [0.5, 0.6) is 0 Å². The van der Waals surface area contributed by atoms with Crippen LogP contribution in [0.15, 0.2) is 42.7 Å². The minimum absolute atomic E-state index is 0.000620. The van der Waals surface area contributed by atoms with E-state index in [1.807, 2.05) is 35.5 Å². The van der Waals surface area contributed by atoms with Gasteiger partial charge in [-0.05, 0) is 93.7 Å². The zero-order valence-electron chi connectivity index (χ0n) is 35.4. The lowest BCUT2D eigenvalue weighted by Gasteiger charge is -2.43. The molecular formula is C45H56ClFN10O4. The second kappa shape index (κ2) is 19.3. The third-order valence-corrected chi connectivity index (χ3v) is 13.7. The molecule has 2 aromatic carbocycles. The number of aromatic nitrogens is 2. The SMILES string of the molecule is CNC(=O)C(CCC=O)N(C=O)C(=O)c1cc(F)c(N2CCC(N3CCN(Cc4cnc(N5CCC6(CC5)CC(C)N(c5ccc(C#N)c(Cl)c5)C6)nc4)CC3)CC2)cc1C. The van der Waals surface area contributed by atoms with Crippen LogP contribution >= 0.6 is 11.6 Å². The highest BCUT2D eigenvalue weighted by Gasteiger charge is 2.44. The first-order chi connectivity index (χ1) is 29.5. The molecule has 4 fully saturated rings. The molecule has 0 bridgehead atoms. The van der Waals surface area contributed by atoms with Crippen molar-refractivity contribution < 1.29 is 23.6 Å². The summed E-state index contributed by atoms with van der Waals surface area (Å²) in [4.78, 5) is 70.9. The number of aryl methyl sites for hydroxylation is 1. The molecule has 1 N–H and O–H groups in total. The average Bonchev–Trinajstić information content (AvgIpc) is 3.60. The second-order valence-electron chi connectivity index (χ2n) is 17.2. The van der Waals surface area contributed by atoms with Gasteiger partial charge in [0.2, 0.25) is 18.3 Å². The molecule has 4 aliphatic heterocycles. The topological polar surface area (TPSA) is 149 Å². The Morgan fingerprint density at radius 1 is 1.03 bits per heavy atom. The maximum atomic E-state index is 15.7. The number of likely N-dealkylation sites (N-methyl/N-ethyl adjacent to an activating group) is 1. The highest BCUT2D eigenvalue weighted by atomic mass is 35.5. The molecule has 4 aliphatic rings. The van der Waals surface area contributed by atoms with Gasteiger partial charge in [0.25, 0.3) is 5.91 Å². The second-order valence-corrected chi connectivity index (χ2v) is 17.6. The third-order valence-electron chi connectivity index (χ3n) is 13.4.